The minimum absolute atomic E-state index is 0.632. The molecule has 1 aliphatic rings. The molecule has 0 radical (unpaired) electrons. The van der Waals surface area contributed by atoms with Gasteiger partial charge in [-0.3, -0.25) is 4.90 Å². The number of likely N-dealkylation sites (N-methyl/N-ethyl adjacent to an activating group) is 1. The zero-order valence-electron chi connectivity index (χ0n) is 11.2. The van der Waals surface area contributed by atoms with Crippen molar-refractivity contribution in [2.75, 3.05) is 18.4 Å². The predicted octanol–water partition coefficient (Wildman–Crippen LogP) is 3.14. The van der Waals surface area contributed by atoms with Crippen LogP contribution in [0.4, 0.5) is 5.69 Å². The van der Waals surface area contributed by atoms with Gasteiger partial charge in [-0.15, -0.1) is 0 Å². The maximum Gasteiger partial charge on any atom is 0.0373 e. The summed E-state index contributed by atoms with van der Waals surface area (Å²) in [7, 11) is 0. The molecular weight excluding hydrogens is 208 g/mol. The fourth-order valence-corrected chi connectivity index (χ4v) is 2.89. The van der Waals surface area contributed by atoms with Crippen LogP contribution in [0.2, 0.25) is 0 Å². The number of nitrogens with zero attached hydrogens (tertiary/aromatic N) is 1. The fraction of sp³-hybridized carbons (Fsp3) is 0.600. The average Bonchev–Trinajstić information content (AvgIpc) is 2.53. The highest BCUT2D eigenvalue weighted by Gasteiger charge is 2.22. The SMILES string of the molecule is CCN(C(C)C)C1CCc2ccccc2NC1. The van der Waals surface area contributed by atoms with Crippen molar-refractivity contribution in [3.63, 3.8) is 0 Å². The molecule has 17 heavy (non-hydrogen) atoms. The largest absolute Gasteiger partial charge is 0.383 e. The summed E-state index contributed by atoms with van der Waals surface area (Å²) in [6.07, 6.45) is 2.45. The molecule has 1 unspecified atom stereocenters. The van der Waals surface area contributed by atoms with Gasteiger partial charge in [-0.2, -0.15) is 0 Å². The number of fused-ring (bicyclic) bond motifs is 1. The highest BCUT2D eigenvalue weighted by atomic mass is 15.2. The van der Waals surface area contributed by atoms with Gasteiger partial charge in [0.05, 0.1) is 0 Å². The lowest BCUT2D eigenvalue weighted by atomic mass is 10.0. The van der Waals surface area contributed by atoms with Crippen LogP contribution in [0.25, 0.3) is 0 Å². The van der Waals surface area contributed by atoms with Gasteiger partial charge in [0.2, 0.25) is 0 Å². The van der Waals surface area contributed by atoms with Crippen LogP contribution in [0, 0.1) is 0 Å². The summed E-state index contributed by atoms with van der Waals surface area (Å²) < 4.78 is 0. The quantitative estimate of drug-likeness (QED) is 0.861. The smallest absolute Gasteiger partial charge is 0.0373 e. The minimum Gasteiger partial charge on any atom is -0.383 e. The van der Waals surface area contributed by atoms with E-state index < -0.39 is 0 Å². The molecule has 0 bridgehead atoms. The Labute approximate surface area is 105 Å². The molecule has 0 spiro atoms. The zero-order chi connectivity index (χ0) is 12.3. The van der Waals surface area contributed by atoms with Crippen molar-refractivity contribution in [3.8, 4) is 0 Å². The van der Waals surface area contributed by atoms with Crippen LogP contribution in [0.15, 0.2) is 24.3 Å². The number of para-hydroxylation sites is 1. The first-order valence-electron chi connectivity index (χ1n) is 6.80. The molecule has 1 aliphatic heterocycles. The number of anilines is 1. The first kappa shape index (κ1) is 12.4. The predicted molar refractivity (Wildman–Crippen MR) is 74.6 cm³/mol. The molecule has 0 saturated heterocycles. The van der Waals surface area contributed by atoms with E-state index in [1.165, 1.54) is 24.1 Å². The van der Waals surface area contributed by atoms with Gasteiger partial charge in [-0.25, -0.2) is 0 Å². The minimum atomic E-state index is 0.632. The summed E-state index contributed by atoms with van der Waals surface area (Å²) in [6, 6.07) is 9.99. The molecule has 0 saturated carbocycles. The summed E-state index contributed by atoms with van der Waals surface area (Å²) in [5.74, 6) is 0. The molecule has 2 nitrogen and oxygen atoms in total. The van der Waals surface area contributed by atoms with E-state index in [1.54, 1.807) is 0 Å². The van der Waals surface area contributed by atoms with E-state index in [0.29, 0.717) is 12.1 Å². The number of rotatable bonds is 3. The summed E-state index contributed by atoms with van der Waals surface area (Å²) in [5, 5.41) is 3.60. The molecule has 2 rings (SSSR count). The molecule has 0 fully saturated rings. The molecule has 2 heteroatoms. The van der Waals surface area contributed by atoms with Gasteiger partial charge in [0, 0.05) is 24.3 Å². The van der Waals surface area contributed by atoms with Crippen LogP contribution >= 0.6 is 0 Å². The maximum atomic E-state index is 3.60. The van der Waals surface area contributed by atoms with Crippen molar-refractivity contribution in [2.45, 2.75) is 45.7 Å². The topological polar surface area (TPSA) is 15.3 Å². The lowest BCUT2D eigenvalue weighted by molar-refractivity contribution is 0.162. The molecule has 1 N–H and O–H groups in total. The lowest BCUT2D eigenvalue weighted by Crippen LogP contribution is -2.43. The Morgan fingerprint density at radius 1 is 1.35 bits per heavy atom. The van der Waals surface area contributed by atoms with Crippen LogP contribution in [0.1, 0.15) is 32.8 Å². The van der Waals surface area contributed by atoms with Crippen molar-refractivity contribution in [1.29, 1.82) is 0 Å². The van der Waals surface area contributed by atoms with Crippen LogP contribution in [-0.2, 0) is 6.42 Å². The Hall–Kier alpha value is -1.02. The molecule has 1 heterocycles. The number of benzene rings is 1. The number of hydrogen-bond donors (Lipinski definition) is 1. The lowest BCUT2D eigenvalue weighted by Gasteiger charge is -2.33. The van der Waals surface area contributed by atoms with Crippen molar-refractivity contribution in [1.82, 2.24) is 4.90 Å². The second kappa shape index (κ2) is 5.54. The first-order valence-corrected chi connectivity index (χ1v) is 6.80. The van der Waals surface area contributed by atoms with Gasteiger partial charge in [0.15, 0.2) is 0 Å². The van der Waals surface area contributed by atoms with Crippen LogP contribution in [0.5, 0.6) is 0 Å². The van der Waals surface area contributed by atoms with Crippen LogP contribution in [-0.4, -0.2) is 30.1 Å². The third-order valence-corrected chi connectivity index (χ3v) is 3.79. The fourth-order valence-electron chi connectivity index (χ4n) is 2.89. The van der Waals surface area contributed by atoms with E-state index in [4.69, 9.17) is 0 Å². The van der Waals surface area contributed by atoms with E-state index in [9.17, 15) is 0 Å². The second-order valence-electron chi connectivity index (χ2n) is 5.15. The van der Waals surface area contributed by atoms with E-state index in [2.05, 4.69) is 55.3 Å². The molecule has 0 aromatic heterocycles. The van der Waals surface area contributed by atoms with E-state index in [0.717, 1.165) is 13.1 Å². The number of nitrogens with one attached hydrogen (secondary N) is 1. The first-order chi connectivity index (χ1) is 8.22. The average molecular weight is 232 g/mol. The summed E-state index contributed by atoms with van der Waals surface area (Å²) in [5.41, 5.74) is 2.80. The second-order valence-corrected chi connectivity index (χ2v) is 5.15. The van der Waals surface area contributed by atoms with Crippen molar-refractivity contribution in [3.05, 3.63) is 29.8 Å². The number of aryl methyl sites for hydroxylation is 1. The molecule has 0 amide bonds. The zero-order valence-corrected chi connectivity index (χ0v) is 11.2. The Morgan fingerprint density at radius 3 is 2.82 bits per heavy atom. The van der Waals surface area contributed by atoms with Gasteiger partial charge < -0.3 is 5.32 Å². The Kier molecular flexibility index (Phi) is 4.06. The van der Waals surface area contributed by atoms with Gasteiger partial charge >= 0.3 is 0 Å². The van der Waals surface area contributed by atoms with Crippen molar-refractivity contribution >= 4 is 5.69 Å². The van der Waals surface area contributed by atoms with Gasteiger partial charge in [0.1, 0.15) is 0 Å². The summed E-state index contributed by atoms with van der Waals surface area (Å²) in [6.45, 7) is 9.06. The highest BCUT2D eigenvalue weighted by Crippen LogP contribution is 2.23. The monoisotopic (exact) mass is 232 g/mol. The molecule has 0 aliphatic carbocycles. The van der Waals surface area contributed by atoms with E-state index in [1.807, 2.05) is 0 Å². The Bertz CT molecular complexity index is 333. The molecular formula is C15H24N2. The normalized spacial score (nSPS) is 19.9. The highest BCUT2D eigenvalue weighted by molar-refractivity contribution is 5.52. The Morgan fingerprint density at radius 2 is 2.12 bits per heavy atom. The third kappa shape index (κ3) is 2.81. The molecule has 94 valence electrons. The summed E-state index contributed by atoms with van der Waals surface area (Å²) in [4.78, 5) is 2.60. The Balaban J connectivity index is 2.08. The summed E-state index contributed by atoms with van der Waals surface area (Å²) >= 11 is 0. The van der Waals surface area contributed by atoms with E-state index >= 15 is 0 Å². The van der Waals surface area contributed by atoms with Crippen molar-refractivity contribution in [2.24, 2.45) is 0 Å². The van der Waals surface area contributed by atoms with Gasteiger partial charge in [-0.05, 0) is 44.9 Å². The number of hydrogen-bond acceptors (Lipinski definition) is 2. The van der Waals surface area contributed by atoms with E-state index in [-0.39, 0.29) is 0 Å². The van der Waals surface area contributed by atoms with Gasteiger partial charge in [-0.1, -0.05) is 25.1 Å². The standard InChI is InChI=1S/C15H24N2/c1-4-17(12(2)3)14-10-9-13-7-5-6-8-15(13)16-11-14/h5-8,12,14,16H,4,9-11H2,1-3H3. The van der Waals surface area contributed by atoms with Gasteiger partial charge in [0.25, 0.3) is 0 Å². The maximum absolute atomic E-state index is 3.60. The third-order valence-electron chi connectivity index (χ3n) is 3.79. The molecule has 1 aromatic rings. The van der Waals surface area contributed by atoms with Crippen LogP contribution < -0.4 is 5.32 Å². The molecule has 1 atom stereocenters. The molecule has 1 aromatic carbocycles. The van der Waals surface area contributed by atoms with Crippen molar-refractivity contribution < 1.29 is 0 Å². The van der Waals surface area contributed by atoms with Crippen LogP contribution in [0.3, 0.4) is 0 Å².